The lowest BCUT2D eigenvalue weighted by Crippen LogP contribution is -2.10. The monoisotopic (exact) mass is 246 g/mol. The summed E-state index contributed by atoms with van der Waals surface area (Å²) in [5.41, 5.74) is 8.59. The molecular weight excluding hydrogens is 236 g/mol. The molecule has 0 saturated carbocycles. The molecule has 3 rings (SSSR count). The normalized spacial score (nSPS) is 17.5. The maximum absolute atomic E-state index is 11.1. The Kier molecular flexibility index (Phi) is 2.33. The Balaban J connectivity index is 1.91. The summed E-state index contributed by atoms with van der Waals surface area (Å²) in [6.07, 6.45) is 2.59. The van der Waals surface area contributed by atoms with Crippen molar-refractivity contribution in [3.05, 3.63) is 45.9 Å². The number of hydrogen-bond donors (Lipinski definition) is 1. The van der Waals surface area contributed by atoms with Crippen molar-refractivity contribution in [1.29, 1.82) is 0 Å². The lowest BCUT2D eigenvalue weighted by atomic mass is 10.1. The van der Waals surface area contributed by atoms with Gasteiger partial charge in [-0.05, 0) is 23.8 Å². The zero-order valence-electron chi connectivity index (χ0n) is 8.92. The van der Waals surface area contributed by atoms with Gasteiger partial charge in [0.15, 0.2) is 0 Å². The van der Waals surface area contributed by atoms with Crippen molar-refractivity contribution in [3.63, 3.8) is 0 Å². The van der Waals surface area contributed by atoms with E-state index in [9.17, 15) is 4.79 Å². The van der Waals surface area contributed by atoms with Gasteiger partial charge in [-0.2, -0.15) is 0 Å². The van der Waals surface area contributed by atoms with Crippen LogP contribution in [0.15, 0.2) is 29.9 Å². The van der Waals surface area contributed by atoms with E-state index in [1.54, 1.807) is 35.0 Å². The molecule has 1 unspecified atom stereocenters. The Hall–Kier alpha value is -1.88. The fourth-order valence-electron chi connectivity index (χ4n) is 1.95. The van der Waals surface area contributed by atoms with E-state index in [4.69, 9.17) is 10.5 Å². The largest absolute Gasteiger partial charge is 0.484 e. The lowest BCUT2D eigenvalue weighted by molar-refractivity contribution is 0.1000. The second-order valence-corrected chi connectivity index (χ2v) is 4.82. The maximum Gasteiger partial charge on any atom is 0.248 e. The number of hydrogen-bond acceptors (Lipinski definition) is 4. The van der Waals surface area contributed by atoms with E-state index in [1.807, 2.05) is 6.20 Å². The van der Waals surface area contributed by atoms with Crippen LogP contribution in [0.2, 0.25) is 0 Å². The number of benzene rings is 1. The topological polar surface area (TPSA) is 65.2 Å². The van der Waals surface area contributed by atoms with Gasteiger partial charge in [-0.1, -0.05) is 0 Å². The molecule has 5 heteroatoms. The second-order valence-electron chi connectivity index (χ2n) is 3.90. The summed E-state index contributed by atoms with van der Waals surface area (Å²) in [5, 5.41) is 0. The minimum Gasteiger partial charge on any atom is -0.484 e. The molecule has 0 spiro atoms. The Labute approximate surface area is 102 Å². The van der Waals surface area contributed by atoms with Crippen molar-refractivity contribution < 1.29 is 9.53 Å². The zero-order valence-corrected chi connectivity index (χ0v) is 9.74. The molecule has 0 saturated heterocycles. The first kappa shape index (κ1) is 10.3. The first-order chi connectivity index (χ1) is 8.24. The van der Waals surface area contributed by atoms with Crippen LogP contribution in [0.4, 0.5) is 0 Å². The van der Waals surface area contributed by atoms with Gasteiger partial charge in [0.2, 0.25) is 5.91 Å². The fourth-order valence-corrected chi connectivity index (χ4v) is 2.59. The highest BCUT2D eigenvalue weighted by molar-refractivity contribution is 7.09. The van der Waals surface area contributed by atoms with E-state index < -0.39 is 5.91 Å². The summed E-state index contributed by atoms with van der Waals surface area (Å²) < 4.78 is 5.80. The fraction of sp³-hybridized carbons (Fsp3) is 0.167. The zero-order chi connectivity index (χ0) is 11.8. The van der Waals surface area contributed by atoms with E-state index in [2.05, 4.69) is 4.98 Å². The number of fused-ring (bicyclic) bond motifs is 1. The van der Waals surface area contributed by atoms with Gasteiger partial charge < -0.3 is 10.5 Å². The molecule has 2 N–H and O–H groups in total. The molecule has 4 nitrogen and oxygen atoms in total. The molecule has 2 heterocycles. The van der Waals surface area contributed by atoms with Gasteiger partial charge in [-0.15, -0.1) is 11.3 Å². The van der Waals surface area contributed by atoms with Gasteiger partial charge in [0.05, 0.1) is 10.4 Å². The van der Waals surface area contributed by atoms with Crippen LogP contribution in [0.3, 0.4) is 0 Å². The Morgan fingerprint density at radius 1 is 1.53 bits per heavy atom. The van der Waals surface area contributed by atoms with Crippen LogP contribution in [0.5, 0.6) is 5.75 Å². The highest BCUT2D eigenvalue weighted by atomic mass is 32.1. The Morgan fingerprint density at radius 2 is 2.41 bits per heavy atom. The maximum atomic E-state index is 11.1. The molecule has 0 radical (unpaired) electrons. The molecule has 0 aliphatic carbocycles. The van der Waals surface area contributed by atoms with E-state index in [1.165, 1.54) is 0 Å². The first-order valence-corrected chi connectivity index (χ1v) is 6.10. The van der Waals surface area contributed by atoms with Gasteiger partial charge in [-0.25, -0.2) is 0 Å². The van der Waals surface area contributed by atoms with Crippen LogP contribution in [-0.4, -0.2) is 10.9 Å². The molecule has 86 valence electrons. The number of thiazole rings is 1. The smallest absolute Gasteiger partial charge is 0.248 e. The predicted molar refractivity (Wildman–Crippen MR) is 64.1 cm³/mol. The number of nitrogens with zero attached hydrogens (tertiary/aromatic N) is 1. The van der Waals surface area contributed by atoms with Gasteiger partial charge in [-0.3, -0.25) is 9.78 Å². The quantitative estimate of drug-likeness (QED) is 0.880. The molecule has 1 amide bonds. The summed E-state index contributed by atoms with van der Waals surface area (Å²) in [6, 6.07) is 5.30. The second kappa shape index (κ2) is 3.85. The van der Waals surface area contributed by atoms with Crippen LogP contribution in [0, 0.1) is 0 Å². The van der Waals surface area contributed by atoms with Gasteiger partial charge in [0.25, 0.3) is 0 Å². The van der Waals surface area contributed by atoms with E-state index in [-0.39, 0.29) is 6.10 Å². The van der Waals surface area contributed by atoms with E-state index >= 15 is 0 Å². The number of nitrogens with two attached hydrogens (primary N) is 1. The third kappa shape index (κ3) is 1.78. The predicted octanol–water partition coefficient (Wildman–Crippen LogP) is 1.92. The number of primary amides is 1. The van der Waals surface area contributed by atoms with Gasteiger partial charge in [0.1, 0.15) is 11.9 Å². The number of ether oxygens (including phenoxy) is 1. The van der Waals surface area contributed by atoms with Gasteiger partial charge in [0, 0.05) is 18.2 Å². The number of amides is 1. The summed E-state index contributed by atoms with van der Waals surface area (Å²) in [5.74, 6) is 0.419. The van der Waals surface area contributed by atoms with E-state index in [0.29, 0.717) is 5.56 Å². The number of carbonyl (C=O) groups excluding carboxylic acids is 1. The molecular formula is C12H10N2O2S. The van der Waals surface area contributed by atoms with Crippen molar-refractivity contribution in [1.82, 2.24) is 4.98 Å². The summed E-state index contributed by atoms with van der Waals surface area (Å²) >= 11 is 1.57. The minimum absolute atomic E-state index is 0.0145. The van der Waals surface area contributed by atoms with Crippen molar-refractivity contribution in [3.8, 4) is 5.75 Å². The molecule has 1 aromatic carbocycles. The number of rotatable bonds is 2. The summed E-state index contributed by atoms with van der Waals surface area (Å²) in [4.78, 5) is 16.2. The van der Waals surface area contributed by atoms with Crippen molar-refractivity contribution in [2.45, 2.75) is 12.5 Å². The molecule has 17 heavy (non-hydrogen) atoms. The average Bonchev–Trinajstić information content (AvgIpc) is 2.96. The molecule has 1 aliphatic heterocycles. The van der Waals surface area contributed by atoms with Crippen LogP contribution < -0.4 is 10.5 Å². The van der Waals surface area contributed by atoms with Crippen LogP contribution in [0.1, 0.15) is 26.9 Å². The summed E-state index contributed by atoms with van der Waals surface area (Å²) in [7, 11) is 0. The third-order valence-electron chi connectivity index (χ3n) is 2.79. The molecule has 1 aromatic heterocycles. The lowest BCUT2D eigenvalue weighted by Gasteiger charge is -2.06. The van der Waals surface area contributed by atoms with Crippen LogP contribution in [0.25, 0.3) is 0 Å². The van der Waals surface area contributed by atoms with Crippen LogP contribution >= 0.6 is 11.3 Å². The van der Waals surface area contributed by atoms with Crippen molar-refractivity contribution >= 4 is 17.2 Å². The number of carbonyl (C=O) groups is 1. The highest BCUT2D eigenvalue weighted by Crippen LogP contribution is 2.38. The first-order valence-electron chi connectivity index (χ1n) is 5.22. The van der Waals surface area contributed by atoms with E-state index in [0.717, 1.165) is 22.6 Å². The van der Waals surface area contributed by atoms with Crippen molar-refractivity contribution in [2.24, 2.45) is 5.73 Å². The third-order valence-corrected chi connectivity index (χ3v) is 3.66. The highest BCUT2D eigenvalue weighted by Gasteiger charge is 2.25. The minimum atomic E-state index is -0.408. The Morgan fingerprint density at radius 3 is 3.12 bits per heavy atom. The molecule has 0 bridgehead atoms. The molecule has 2 aromatic rings. The van der Waals surface area contributed by atoms with Crippen LogP contribution in [-0.2, 0) is 6.42 Å². The standard InChI is InChI=1S/C12H10N2O2S/c13-12(15)7-1-2-9-8(3-7)4-10(16-9)11-5-14-6-17-11/h1-3,5-6,10H,4H2,(H2,13,15). The average molecular weight is 246 g/mol. The van der Waals surface area contributed by atoms with Crippen molar-refractivity contribution in [2.75, 3.05) is 0 Å². The van der Waals surface area contributed by atoms with Gasteiger partial charge >= 0.3 is 0 Å². The molecule has 1 aliphatic rings. The SMILES string of the molecule is NC(=O)c1ccc2c(c1)CC(c1cncs1)O2. The Bertz CT molecular complexity index is 566. The number of aromatic nitrogens is 1. The molecule has 1 atom stereocenters. The molecule has 0 fully saturated rings. The summed E-state index contributed by atoms with van der Waals surface area (Å²) in [6.45, 7) is 0.